The molecule has 28 heavy (non-hydrogen) atoms. The number of nitro groups is 1. The van der Waals surface area contributed by atoms with Gasteiger partial charge < -0.3 is 0 Å². The van der Waals surface area contributed by atoms with E-state index >= 15 is 0 Å². The number of benzene rings is 3. The number of nitrogens with zero attached hydrogens (tertiary/aromatic N) is 2. The molecule has 0 aliphatic carbocycles. The van der Waals surface area contributed by atoms with E-state index in [2.05, 4.69) is 15.9 Å². The molecule has 0 fully saturated rings. The van der Waals surface area contributed by atoms with Crippen LogP contribution in [-0.4, -0.2) is 13.3 Å². The maximum Gasteiger partial charge on any atom is 0.269 e. The summed E-state index contributed by atoms with van der Waals surface area (Å²) in [6, 6.07) is 19.5. The average molecular weight is 461 g/mol. The van der Waals surface area contributed by atoms with Crippen molar-refractivity contribution in [3.8, 4) is 0 Å². The van der Waals surface area contributed by atoms with Crippen LogP contribution in [0.25, 0.3) is 0 Å². The number of halogens is 1. The zero-order chi connectivity index (χ0) is 20.3. The van der Waals surface area contributed by atoms with E-state index < -0.39 is 14.9 Å². The molecular weight excluding hydrogens is 444 g/mol. The van der Waals surface area contributed by atoms with E-state index in [9.17, 15) is 18.5 Å². The number of non-ortho nitro benzene ring substituents is 1. The van der Waals surface area contributed by atoms with E-state index in [1.165, 1.54) is 28.6 Å². The van der Waals surface area contributed by atoms with Crippen LogP contribution in [0.5, 0.6) is 0 Å². The maximum atomic E-state index is 13.3. The Morgan fingerprint density at radius 1 is 0.929 bits per heavy atom. The zero-order valence-corrected chi connectivity index (χ0v) is 17.4. The molecule has 0 N–H and O–H groups in total. The molecule has 0 radical (unpaired) electrons. The van der Waals surface area contributed by atoms with Crippen LogP contribution in [0.4, 0.5) is 11.4 Å². The Morgan fingerprint density at radius 3 is 2.04 bits per heavy atom. The predicted octanol–water partition coefficient (Wildman–Crippen LogP) is 5.06. The molecule has 0 saturated carbocycles. The molecule has 0 aliphatic rings. The highest BCUT2D eigenvalue weighted by atomic mass is 79.9. The highest BCUT2D eigenvalue weighted by Crippen LogP contribution is 2.27. The van der Waals surface area contributed by atoms with E-state index in [-0.39, 0.29) is 17.1 Å². The van der Waals surface area contributed by atoms with Crippen molar-refractivity contribution in [2.24, 2.45) is 0 Å². The molecule has 0 saturated heterocycles. The van der Waals surface area contributed by atoms with Crippen LogP contribution in [-0.2, 0) is 16.6 Å². The third-order valence-corrected chi connectivity index (χ3v) is 6.51. The third-order valence-electron chi connectivity index (χ3n) is 4.20. The third kappa shape index (κ3) is 4.40. The number of hydrogen-bond acceptors (Lipinski definition) is 4. The average Bonchev–Trinajstić information content (AvgIpc) is 2.67. The second kappa shape index (κ2) is 8.12. The van der Waals surface area contributed by atoms with E-state index in [0.717, 1.165) is 10.0 Å². The monoisotopic (exact) mass is 460 g/mol. The molecule has 0 aliphatic heterocycles. The number of hydrogen-bond donors (Lipinski definition) is 0. The summed E-state index contributed by atoms with van der Waals surface area (Å²) >= 11 is 3.31. The van der Waals surface area contributed by atoms with Crippen LogP contribution in [0.1, 0.15) is 11.1 Å². The van der Waals surface area contributed by atoms with Gasteiger partial charge in [0.15, 0.2) is 0 Å². The van der Waals surface area contributed by atoms with Gasteiger partial charge in [0.05, 0.1) is 22.1 Å². The smallest absolute Gasteiger partial charge is 0.262 e. The van der Waals surface area contributed by atoms with Gasteiger partial charge in [0.1, 0.15) is 0 Å². The summed E-state index contributed by atoms with van der Waals surface area (Å²) in [6.07, 6.45) is 0. The van der Waals surface area contributed by atoms with Crippen molar-refractivity contribution in [3.05, 3.63) is 98.5 Å². The molecule has 3 aromatic rings. The Labute approximate surface area is 171 Å². The van der Waals surface area contributed by atoms with Gasteiger partial charge in [0.2, 0.25) is 0 Å². The highest BCUT2D eigenvalue weighted by molar-refractivity contribution is 9.10. The topological polar surface area (TPSA) is 80.5 Å². The number of nitro benzene ring substituents is 1. The Morgan fingerprint density at radius 2 is 1.50 bits per heavy atom. The molecule has 0 amide bonds. The fourth-order valence-electron chi connectivity index (χ4n) is 2.65. The van der Waals surface area contributed by atoms with Crippen LogP contribution in [0.15, 0.2) is 82.2 Å². The largest absolute Gasteiger partial charge is 0.269 e. The summed E-state index contributed by atoms with van der Waals surface area (Å²) in [6.45, 7) is 1.98. The molecule has 0 bridgehead atoms. The second-order valence-electron chi connectivity index (χ2n) is 6.22. The van der Waals surface area contributed by atoms with Gasteiger partial charge in [-0.2, -0.15) is 0 Å². The zero-order valence-electron chi connectivity index (χ0n) is 14.9. The quantitative estimate of drug-likeness (QED) is 0.380. The van der Waals surface area contributed by atoms with Gasteiger partial charge in [-0.1, -0.05) is 45.8 Å². The lowest BCUT2D eigenvalue weighted by Crippen LogP contribution is -2.30. The van der Waals surface area contributed by atoms with Crippen molar-refractivity contribution in [3.63, 3.8) is 0 Å². The van der Waals surface area contributed by atoms with Crippen molar-refractivity contribution in [1.29, 1.82) is 0 Å². The normalized spacial score (nSPS) is 11.2. The van der Waals surface area contributed by atoms with Gasteiger partial charge in [0.25, 0.3) is 15.7 Å². The van der Waals surface area contributed by atoms with Gasteiger partial charge in [-0.15, -0.1) is 0 Å². The molecule has 0 unspecified atom stereocenters. The minimum Gasteiger partial charge on any atom is -0.262 e. The Hall–Kier alpha value is -2.71. The molecule has 0 atom stereocenters. The lowest BCUT2D eigenvalue weighted by Gasteiger charge is -2.25. The molecule has 0 heterocycles. The summed E-state index contributed by atoms with van der Waals surface area (Å²) in [5.41, 5.74) is 2.14. The summed E-state index contributed by atoms with van der Waals surface area (Å²) in [5, 5.41) is 10.9. The van der Waals surface area contributed by atoms with Crippen molar-refractivity contribution < 1.29 is 13.3 Å². The standard InChI is InChI=1S/C20H17BrN2O4S/c1-15-2-8-18(9-3-15)22(14-16-4-10-19(11-5-16)23(24)25)28(26,27)20-12-6-17(21)7-13-20/h2-13H,14H2,1H3. The molecule has 3 aromatic carbocycles. The van der Waals surface area contributed by atoms with Crippen LogP contribution in [0.2, 0.25) is 0 Å². The first-order valence-corrected chi connectivity index (χ1v) is 10.6. The minimum atomic E-state index is -3.83. The van der Waals surface area contributed by atoms with Crippen molar-refractivity contribution in [1.82, 2.24) is 0 Å². The molecule has 8 heteroatoms. The number of aryl methyl sites for hydroxylation is 1. The second-order valence-corrected chi connectivity index (χ2v) is 9.00. The first-order valence-electron chi connectivity index (χ1n) is 8.36. The molecule has 3 rings (SSSR count). The van der Waals surface area contributed by atoms with E-state index in [1.807, 2.05) is 19.1 Å². The van der Waals surface area contributed by atoms with Gasteiger partial charge in [-0.3, -0.25) is 14.4 Å². The Bertz CT molecular complexity index is 1080. The highest BCUT2D eigenvalue weighted by Gasteiger charge is 2.25. The van der Waals surface area contributed by atoms with Gasteiger partial charge in [-0.25, -0.2) is 8.42 Å². The summed E-state index contributed by atoms with van der Waals surface area (Å²) < 4.78 is 28.7. The fourth-order valence-corrected chi connectivity index (χ4v) is 4.37. The van der Waals surface area contributed by atoms with Crippen LogP contribution in [0, 0.1) is 17.0 Å². The molecule has 0 spiro atoms. The van der Waals surface area contributed by atoms with Gasteiger partial charge in [0, 0.05) is 16.6 Å². The first-order chi connectivity index (χ1) is 13.3. The van der Waals surface area contributed by atoms with Crippen LogP contribution >= 0.6 is 15.9 Å². The Kier molecular flexibility index (Phi) is 5.81. The van der Waals surface area contributed by atoms with Gasteiger partial charge in [-0.05, 0) is 48.9 Å². The predicted molar refractivity (Wildman–Crippen MR) is 112 cm³/mol. The summed E-state index contributed by atoms with van der Waals surface area (Å²) in [4.78, 5) is 10.5. The molecular formula is C20H17BrN2O4S. The van der Waals surface area contributed by atoms with Gasteiger partial charge >= 0.3 is 0 Å². The van der Waals surface area contributed by atoms with E-state index in [0.29, 0.717) is 11.3 Å². The maximum absolute atomic E-state index is 13.3. The minimum absolute atomic E-state index is 0.0404. The van der Waals surface area contributed by atoms with Crippen molar-refractivity contribution in [2.45, 2.75) is 18.4 Å². The molecule has 6 nitrogen and oxygen atoms in total. The lowest BCUT2D eigenvalue weighted by molar-refractivity contribution is -0.384. The van der Waals surface area contributed by atoms with E-state index in [4.69, 9.17) is 0 Å². The van der Waals surface area contributed by atoms with Crippen molar-refractivity contribution in [2.75, 3.05) is 4.31 Å². The van der Waals surface area contributed by atoms with Crippen LogP contribution in [0.3, 0.4) is 0 Å². The first kappa shape index (κ1) is 20.0. The number of rotatable bonds is 6. The number of anilines is 1. The SMILES string of the molecule is Cc1ccc(N(Cc2ccc([N+](=O)[O-])cc2)S(=O)(=O)c2ccc(Br)cc2)cc1. The lowest BCUT2D eigenvalue weighted by atomic mass is 10.2. The molecule has 144 valence electrons. The fraction of sp³-hybridized carbons (Fsp3) is 0.100. The van der Waals surface area contributed by atoms with Crippen molar-refractivity contribution >= 4 is 37.3 Å². The Balaban J connectivity index is 2.03. The summed E-state index contributed by atoms with van der Waals surface area (Å²) in [5.74, 6) is 0. The van der Waals surface area contributed by atoms with Crippen LogP contribution < -0.4 is 4.31 Å². The number of sulfonamides is 1. The van der Waals surface area contributed by atoms with E-state index in [1.54, 1.807) is 36.4 Å². The summed E-state index contributed by atoms with van der Waals surface area (Å²) in [7, 11) is -3.83. The molecule has 0 aromatic heterocycles.